The summed E-state index contributed by atoms with van der Waals surface area (Å²) in [4.78, 5) is 0. The fourth-order valence-electron chi connectivity index (χ4n) is 2.55. The van der Waals surface area contributed by atoms with Crippen LogP contribution in [-0.2, 0) is 4.74 Å². The van der Waals surface area contributed by atoms with E-state index in [0.29, 0.717) is 6.10 Å². The summed E-state index contributed by atoms with van der Waals surface area (Å²) in [6.07, 6.45) is 5.90. The highest BCUT2D eigenvalue weighted by molar-refractivity contribution is 4.94. The molecule has 3 heteroatoms. The lowest BCUT2D eigenvalue weighted by molar-refractivity contribution is 0.0315. The first-order valence-corrected chi connectivity index (χ1v) is 5.76. The van der Waals surface area contributed by atoms with Gasteiger partial charge in [0.1, 0.15) is 0 Å². The van der Waals surface area contributed by atoms with E-state index in [1.807, 2.05) is 6.92 Å². The van der Waals surface area contributed by atoms with Gasteiger partial charge in [-0.15, -0.1) is 0 Å². The Hall–Kier alpha value is -0.120. The fraction of sp³-hybridized carbons (Fsp3) is 1.00. The molecule has 0 aromatic rings. The summed E-state index contributed by atoms with van der Waals surface area (Å²) in [6, 6.07) is 0.270. The Bertz CT molecular complexity index is 188. The van der Waals surface area contributed by atoms with Gasteiger partial charge in [-0.1, -0.05) is 0 Å². The molecule has 0 aromatic heterocycles. The maximum Gasteiger partial charge on any atom is 0.0772 e. The molecule has 1 aliphatic carbocycles. The average Bonchev–Trinajstić information content (AvgIpc) is 2.71. The summed E-state index contributed by atoms with van der Waals surface area (Å²) in [6.45, 7) is 3.75. The molecule has 1 aliphatic heterocycles. The zero-order valence-corrected chi connectivity index (χ0v) is 8.96. The lowest BCUT2D eigenvalue weighted by atomic mass is 10.0. The molecule has 82 valence electrons. The number of hydrogen-bond donors (Lipinski definition) is 2. The summed E-state index contributed by atoms with van der Waals surface area (Å²) in [5.74, 6) is 0. The molecule has 1 saturated heterocycles. The summed E-state index contributed by atoms with van der Waals surface area (Å²) < 4.78 is 5.54. The highest BCUT2D eigenvalue weighted by atomic mass is 16.5. The number of rotatable bonds is 3. The molecule has 14 heavy (non-hydrogen) atoms. The lowest BCUT2D eigenvalue weighted by Gasteiger charge is -2.27. The van der Waals surface area contributed by atoms with E-state index < -0.39 is 5.60 Å². The molecule has 2 N–H and O–H groups in total. The minimum Gasteiger partial charge on any atom is -0.389 e. The van der Waals surface area contributed by atoms with Gasteiger partial charge in [0.2, 0.25) is 0 Å². The van der Waals surface area contributed by atoms with Crippen LogP contribution in [0.5, 0.6) is 0 Å². The number of hydrogen-bond acceptors (Lipinski definition) is 3. The Labute approximate surface area is 85.8 Å². The number of aliphatic hydroxyl groups is 1. The van der Waals surface area contributed by atoms with E-state index in [2.05, 4.69) is 5.32 Å². The monoisotopic (exact) mass is 199 g/mol. The van der Waals surface area contributed by atoms with Gasteiger partial charge < -0.3 is 15.2 Å². The number of nitrogens with one attached hydrogen (secondary N) is 1. The van der Waals surface area contributed by atoms with Crippen LogP contribution in [0, 0.1) is 0 Å². The Morgan fingerprint density at radius 2 is 2.29 bits per heavy atom. The van der Waals surface area contributed by atoms with E-state index in [4.69, 9.17) is 4.74 Å². The molecule has 2 aliphatic rings. The first kappa shape index (κ1) is 10.4. The Morgan fingerprint density at radius 1 is 1.43 bits per heavy atom. The molecule has 3 atom stereocenters. The van der Waals surface area contributed by atoms with Crippen molar-refractivity contribution in [3.8, 4) is 0 Å². The van der Waals surface area contributed by atoms with Crippen LogP contribution in [-0.4, -0.2) is 36.0 Å². The van der Waals surface area contributed by atoms with E-state index in [1.165, 1.54) is 12.8 Å². The SMILES string of the molecule is CC1(O)CCCC1NCC1CCCO1. The summed E-state index contributed by atoms with van der Waals surface area (Å²) in [5.41, 5.74) is -0.501. The van der Waals surface area contributed by atoms with E-state index >= 15 is 0 Å². The molecule has 3 nitrogen and oxygen atoms in total. The summed E-state index contributed by atoms with van der Waals surface area (Å²) >= 11 is 0. The minimum atomic E-state index is -0.501. The Balaban J connectivity index is 1.74. The van der Waals surface area contributed by atoms with Gasteiger partial charge in [0.25, 0.3) is 0 Å². The van der Waals surface area contributed by atoms with Gasteiger partial charge in [-0.2, -0.15) is 0 Å². The van der Waals surface area contributed by atoms with Crippen LogP contribution in [0.2, 0.25) is 0 Å². The van der Waals surface area contributed by atoms with Crippen LogP contribution in [0.4, 0.5) is 0 Å². The fourth-order valence-corrected chi connectivity index (χ4v) is 2.55. The molecule has 0 bridgehead atoms. The standard InChI is InChI=1S/C11H21NO2/c1-11(13)6-2-5-10(11)12-8-9-4-3-7-14-9/h9-10,12-13H,2-8H2,1H3. The van der Waals surface area contributed by atoms with Crippen molar-refractivity contribution in [1.29, 1.82) is 0 Å². The molecule has 1 saturated carbocycles. The zero-order chi connectivity index (χ0) is 10.0. The molecule has 0 aromatic carbocycles. The van der Waals surface area contributed by atoms with Crippen molar-refractivity contribution in [2.24, 2.45) is 0 Å². The predicted molar refractivity (Wildman–Crippen MR) is 55.2 cm³/mol. The topological polar surface area (TPSA) is 41.5 Å². The molecule has 0 amide bonds. The van der Waals surface area contributed by atoms with Gasteiger partial charge in [-0.3, -0.25) is 0 Å². The highest BCUT2D eigenvalue weighted by Crippen LogP contribution is 2.29. The summed E-state index contributed by atoms with van der Waals surface area (Å²) in [7, 11) is 0. The van der Waals surface area contributed by atoms with Crippen molar-refractivity contribution in [3.63, 3.8) is 0 Å². The van der Waals surface area contributed by atoms with Crippen LogP contribution in [0.15, 0.2) is 0 Å². The first-order chi connectivity index (χ1) is 6.68. The van der Waals surface area contributed by atoms with Crippen molar-refractivity contribution in [2.75, 3.05) is 13.2 Å². The van der Waals surface area contributed by atoms with Crippen LogP contribution >= 0.6 is 0 Å². The van der Waals surface area contributed by atoms with Crippen molar-refractivity contribution < 1.29 is 9.84 Å². The third-order valence-corrected chi connectivity index (χ3v) is 3.54. The van der Waals surface area contributed by atoms with E-state index in [-0.39, 0.29) is 6.04 Å². The molecule has 2 fully saturated rings. The second-order valence-corrected chi connectivity index (χ2v) is 4.85. The van der Waals surface area contributed by atoms with E-state index in [1.54, 1.807) is 0 Å². The van der Waals surface area contributed by atoms with Crippen molar-refractivity contribution in [2.45, 2.75) is 56.8 Å². The first-order valence-electron chi connectivity index (χ1n) is 5.76. The smallest absolute Gasteiger partial charge is 0.0772 e. The quantitative estimate of drug-likeness (QED) is 0.714. The summed E-state index contributed by atoms with van der Waals surface area (Å²) in [5, 5.41) is 13.5. The predicted octanol–water partition coefficient (Wildman–Crippen LogP) is 1.06. The van der Waals surface area contributed by atoms with Gasteiger partial charge >= 0.3 is 0 Å². The minimum absolute atomic E-state index is 0.270. The highest BCUT2D eigenvalue weighted by Gasteiger charge is 2.36. The molecular formula is C11H21NO2. The molecule has 3 unspecified atom stereocenters. The van der Waals surface area contributed by atoms with E-state index in [0.717, 1.165) is 32.4 Å². The van der Waals surface area contributed by atoms with Crippen LogP contribution < -0.4 is 5.32 Å². The normalized spacial score (nSPS) is 43.3. The largest absolute Gasteiger partial charge is 0.389 e. The maximum atomic E-state index is 10.0. The molecule has 2 rings (SSSR count). The van der Waals surface area contributed by atoms with Gasteiger partial charge in [-0.25, -0.2) is 0 Å². The average molecular weight is 199 g/mol. The second-order valence-electron chi connectivity index (χ2n) is 4.85. The second kappa shape index (κ2) is 4.17. The van der Waals surface area contributed by atoms with Crippen LogP contribution in [0.25, 0.3) is 0 Å². The van der Waals surface area contributed by atoms with Crippen LogP contribution in [0.3, 0.4) is 0 Å². The lowest BCUT2D eigenvalue weighted by Crippen LogP contribution is -2.46. The Morgan fingerprint density at radius 3 is 2.86 bits per heavy atom. The van der Waals surface area contributed by atoms with E-state index in [9.17, 15) is 5.11 Å². The molecular weight excluding hydrogens is 178 g/mol. The van der Waals surface area contributed by atoms with Crippen LogP contribution in [0.1, 0.15) is 39.0 Å². The third-order valence-electron chi connectivity index (χ3n) is 3.54. The van der Waals surface area contributed by atoms with Gasteiger partial charge in [0, 0.05) is 19.2 Å². The van der Waals surface area contributed by atoms with Crippen molar-refractivity contribution in [3.05, 3.63) is 0 Å². The van der Waals surface area contributed by atoms with Crippen molar-refractivity contribution in [1.82, 2.24) is 5.32 Å². The zero-order valence-electron chi connectivity index (χ0n) is 8.96. The van der Waals surface area contributed by atoms with Crippen molar-refractivity contribution >= 4 is 0 Å². The third kappa shape index (κ3) is 2.27. The van der Waals surface area contributed by atoms with Gasteiger partial charge in [0.05, 0.1) is 11.7 Å². The number of ether oxygens (including phenoxy) is 1. The molecule has 0 spiro atoms. The molecule has 1 heterocycles. The maximum absolute atomic E-state index is 10.0. The van der Waals surface area contributed by atoms with Gasteiger partial charge in [0.15, 0.2) is 0 Å². The van der Waals surface area contributed by atoms with Gasteiger partial charge in [-0.05, 0) is 39.0 Å². The Kier molecular flexibility index (Phi) is 3.10. The molecule has 0 radical (unpaired) electrons.